The number of hydrogen-bond donors (Lipinski definition) is 1. The monoisotopic (exact) mass is 315 g/mol. The number of nitro groups is 1. The second kappa shape index (κ2) is 5.48. The summed E-state index contributed by atoms with van der Waals surface area (Å²) in [6.07, 6.45) is 0. The van der Waals surface area contributed by atoms with Gasteiger partial charge in [-0.05, 0) is 19.1 Å². The van der Waals surface area contributed by atoms with Gasteiger partial charge in [-0.1, -0.05) is 34.4 Å². The standard InChI is InChI=1S/C11H7Cl2N3O4/c1-5-9(16(18)19)11(20-15-5)14-10(17)8-6(12)3-2-4-7(8)13/h2-4H,1H3,(H,14,17). The average Bonchev–Trinajstić information content (AvgIpc) is 2.70. The summed E-state index contributed by atoms with van der Waals surface area (Å²) >= 11 is 11.7. The highest BCUT2D eigenvalue weighted by Gasteiger charge is 2.27. The van der Waals surface area contributed by atoms with Crippen molar-refractivity contribution in [3.63, 3.8) is 0 Å². The molecule has 2 rings (SSSR count). The highest BCUT2D eigenvalue weighted by molar-refractivity contribution is 6.40. The van der Waals surface area contributed by atoms with Crippen molar-refractivity contribution in [1.29, 1.82) is 0 Å². The Bertz CT molecular complexity index is 679. The van der Waals surface area contributed by atoms with E-state index in [-0.39, 0.29) is 27.2 Å². The van der Waals surface area contributed by atoms with Gasteiger partial charge in [0, 0.05) is 0 Å². The van der Waals surface area contributed by atoms with Crippen molar-refractivity contribution in [2.24, 2.45) is 0 Å². The van der Waals surface area contributed by atoms with Gasteiger partial charge in [0.05, 0.1) is 20.5 Å². The Labute approximate surface area is 122 Å². The fourth-order valence-corrected chi connectivity index (χ4v) is 2.11. The second-order valence-corrected chi connectivity index (χ2v) is 4.57. The van der Waals surface area contributed by atoms with Crippen LogP contribution in [0.3, 0.4) is 0 Å². The van der Waals surface area contributed by atoms with E-state index in [1.54, 1.807) is 6.07 Å². The Balaban J connectivity index is 2.36. The fraction of sp³-hybridized carbons (Fsp3) is 0.0909. The van der Waals surface area contributed by atoms with Crippen LogP contribution in [0.4, 0.5) is 11.6 Å². The van der Waals surface area contributed by atoms with Gasteiger partial charge >= 0.3 is 11.6 Å². The molecule has 1 heterocycles. The zero-order valence-corrected chi connectivity index (χ0v) is 11.5. The van der Waals surface area contributed by atoms with Crippen molar-refractivity contribution in [3.05, 3.63) is 49.6 Å². The van der Waals surface area contributed by atoms with E-state index in [1.807, 2.05) is 0 Å². The molecule has 2 aromatic rings. The van der Waals surface area contributed by atoms with E-state index in [0.29, 0.717) is 0 Å². The summed E-state index contributed by atoms with van der Waals surface area (Å²) in [5.74, 6) is -1.09. The van der Waals surface area contributed by atoms with Gasteiger partial charge in [-0.25, -0.2) is 0 Å². The van der Waals surface area contributed by atoms with Crippen LogP contribution in [0.15, 0.2) is 22.7 Å². The third kappa shape index (κ3) is 2.59. The first kappa shape index (κ1) is 14.3. The van der Waals surface area contributed by atoms with E-state index in [0.717, 1.165) is 0 Å². The number of hydrogen-bond acceptors (Lipinski definition) is 5. The van der Waals surface area contributed by atoms with Crippen molar-refractivity contribution >= 4 is 40.7 Å². The molecule has 0 aliphatic carbocycles. The number of nitrogens with one attached hydrogen (secondary N) is 1. The van der Waals surface area contributed by atoms with Crippen LogP contribution in [0.1, 0.15) is 16.1 Å². The summed E-state index contributed by atoms with van der Waals surface area (Å²) in [5.41, 5.74) is -0.365. The van der Waals surface area contributed by atoms with Gasteiger partial charge in [-0.2, -0.15) is 0 Å². The van der Waals surface area contributed by atoms with Crippen LogP contribution in [0, 0.1) is 17.0 Å². The predicted octanol–water partition coefficient (Wildman–Crippen LogP) is 3.45. The van der Waals surface area contributed by atoms with Gasteiger partial charge in [0.1, 0.15) is 0 Å². The molecular weight excluding hydrogens is 309 g/mol. The van der Waals surface area contributed by atoms with Crippen molar-refractivity contribution < 1.29 is 14.2 Å². The molecule has 1 N–H and O–H groups in total. The number of aryl methyl sites for hydroxylation is 1. The van der Waals surface area contributed by atoms with E-state index in [4.69, 9.17) is 27.7 Å². The lowest BCUT2D eigenvalue weighted by Crippen LogP contribution is -2.13. The van der Waals surface area contributed by atoms with Crippen LogP contribution in [-0.2, 0) is 0 Å². The molecule has 0 aliphatic heterocycles. The summed E-state index contributed by atoms with van der Waals surface area (Å²) in [6, 6.07) is 4.52. The molecule has 20 heavy (non-hydrogen) atoms. The molecule has 9 heteroatoms. The lowest BCUT2D eigenvalue weighted by atomic mass is 10.2. The van der Waals surface area contributed by atoms with E-state index < -0.39 is 16.5 Å². The maximum atomic E-state index is 12.0. The average molecular weight is 316 g/mol. The maximum Gasteiger partial charge on any atom is 0.356 e. The second-order valence-electron chi connectivity index (χ2n) is 3.75. The zero-order chi connectivity index (χ0) is 14.9. The first-order valence-corrected chi connectivity index (χ1v) is 6.03. The lowest BCUT2D eigenvalue weighted by molar-refractivity contribution is -0.384. The van der Waals surface area contributed by atoms with Crippen molar-refractivity contribution in [2.75, 3.05) is 5.32 Å². The van der Waals surface area contributed by atoms with Crippen LogP contribution >= 0.6 is 23.2 Å². The van der Waals surface area contributed by atoms with Crippen molar-refractivity contribution in [2.45, 2.75) is 6.92 Å². The number of halogens is 2. The van der Waals surface area contributed by atoms with E-state index in [1.165, 1.54) is 19.1 Å². The molecule has 0 aliphatic rings. The van der Waals surface area contributed by atoms with Crippen LogP contribution in [0.5, 0.6) is 0 Å². The molecule has 0 unspecified atom stereocenters. The summed E-state index contributed by atoms with van der Waals surface area (Å²) in [7, 11) is 0. The predicted molar refractivity (Wildman–Crippen MR) is 72.3 cm³/mol. The Morgan fingerprint density at radius 2 is 2.00 bits per heavy atom. The van der Waals surface area contributed by atoms with Gasteiger partial charge < -0.3 is 4.52 Å². The van der Waals surface area contributed by atoms with Crippen LogP contribution < -0.4 is 5.32 Å². The number of aromatic nitrogens is 1. The third-order valence-corrected chi connectivity index (χ3v) is 3.06. The van der Waals surface area contributed by atoms with E-state index in [2.05, 4.69) is 10.5 Å². The summed E-state index contributed by atoms with van der Waals surface area (Å²) in [5, 5.41) is 16.8. The zero-order valence-electron chi connectivity index (χ0n) is 10.0. The Morgan fingerprint density at radius 1 is 1.40 bits per heavy atom. The highest BCUT2D eigenvalue weighted by Crippen LogP contribution is 2.30. The van der Waals surface area contributed by atoms with Gasteiger partial charge in [0.2, 0.25) is 0 Å². The normalized spacial score (nSPS) is 10.3. The van der Waals surface area contributed by atoms with Gasteiger partial charge in [-0.3, -0.25) is 20.2 Å². The molecule has 0 saturated heterocycles. The molecule has 1 aromatic heterocycles. The summed E-state index contributed by atoms with van der Waals surface area (Å²) < 4.78 is 4.72. The molecule has 0 fully saturated rings. The molecule has 0 bridgehead atoms. The molecular formula is C11H7Cl2N3O4. The maximum absolute atomic E-state index is 12.0. The molecule has 0 saturated carbocycles. The molecule has 0 radical (unpaired) electrons. The SMILES string of the molecule is Cc1noc(NC(=O)c2c(Cl)cccc2Cl)c1[N+](=O)[O-]. The number of nitrogens with zero attached hydrogens (tertiary/aromatic N) is 2. The number of benzene rings is 1. The molecule has 104 valence electrons. The number of rotatable bonds is 3. The fourth-order valence-electron chi connectivity index (χ4n) is 1.54. The van der Waals surface area contributed by atoms with E-state index >= 15 is 0 Å². The van der Waals surface area contributed by atoms with Gasteiger partial charge in [-0.15, -0.1) is 0 Å². The van der Waals surface area contributed by atoms with Crippen LogP contribution in [0.2, 0.25) is 10.0 Å². The largest absolute Gasteiger partial charge is 0.356 e. The highest BCUT2D eigenvalue weighted by atomic mass is 35.5. The smallest absolute Gasteiger partial charge is 0.330 e. The molecule has 1 amide bonds. The summed E-state index contributed by atoms with van der Waals surface area (Å²) in [4.78, 5) is 22.2. The van der Waals surface area contributed by atoms with Crippen LogP contribution in [-0.4, -0.2) is 16.0 Å². The van der Waals surface area contributed by atoms with Crippen molar-refractivity contribution in [1.82, 2.24) is 5.16 Å². The number of carbonyl (C=O) groups excluding carboxylic acids is 1. The van der Waals surface area contributed by atoms with Gasteiger partial charge in [0.15, 0.2) is 5.69 Å². The Kier molecular flexibility index (Phi) is 3.91. The molecule has 7 nitrogen and oxygen atoms in total. The first-order chi connectivity index (χ1) is 9.41. The first-order valence-electron chi connectivity index (χ1n) is 5.28. The molecule has 0 spiro atoms. The van der Waals surface area contributed by atoms with E-state index in [9.17, 15) is 14.9 Å². The minimum atomic E-state index is -0.722. The van der Waals surface area contributed by atoms with Crippen molar-refractivity contribution in [3.8, 4) is 0 Å². The molecule has 1 aromatic carbocycles. The Hall–Kier alpha value is -2.12. The Morgan fingerprint density at radius 3 is 2.55 bits per heavy atom. The topological polar surface area (TPSA) is 98.3 Å². The lowest BCUT2D eigenvalue weighted by Gasteiger charge is -2.05. The van der Waals surface area contributed by atoms with Gasteiger partial charge in [0.25, 0.3) is 5.91 Å². The van der Waals surface area contributed by atoms with Crippen LogP contribution in [0.25, 0.3) is 0 Å². The number of amides is 1. The number of carbonyl (C=O) groups is 1. The third-order valence-electron chi connectivity index (χ3n) is 2.43. The minimum absolute atomic E-state index is 0.000755. The number of anilines is 1. The quantitative estimate of drug-likeness (QED) is 0.690. The minimum Gasteiger partial charge on any atom is -0.330 e. The summed E-state index contributed by atoms with van der Waals surface area (Å²) in [6.45, 7) is 1.39. The molecule has 0 atom stereocenters.